The van der Waals surface area contributed by atoms with Crippen molar-refractivity contribution in [3.63, 3.8) is 0 Å². The second-order valence-electron chi connectivity index (χ2n) is 5.81. The third-order valence-corrected chi connectivity index (χ3v) is 4.69. The van der Waals surface area contributed by atoms with Crippen molar-refractivity contribution in [1.29, 1.82) is 0 Å². The molecule has 2 rings (SSSR count). The fourth-order valence-corrected chi connectivity index (χ4v) is 3.13. The topological polar surface area (TPSA) is 18.5 Å². The highest BCUT2D eigenvalue weighted by Crippen LogP contribution is 2.30. The van der Waals surface area contributed by atoms with Gasteiger partial charge in [-0.3, -0.25) is 0 Å². The van der Waals surface area contributed by atoms with E-state index in [-0.39, 0.29) is 0 Å². The molecule has 0 amide bonds. The van der Waals surface area contributed by atoms with Gasteiger partial charge in [-0.1, -0.05) is 12.1 Å². The van der Waals surface area contributed by atoms with Crippen LogP contribution in [0, 0.1) is 0 Å². The van der Waals surface area contributed by atoms with Gasteiger partial charge in [-0.15, -0.1) is 11.3 Å². The lowest BCUT2D eigenvalue weighted by molar-refractivity contribution is -0.137. The Labute approximate surface area is 155 Å². The molecule has 0 spiro atoms. The number of rotatable bonds is 6. The van der Waals surface area contributed by atoms with Crippen molar-refractivity contribution in [2.45, 2.75) is 12.7 Å². The van der Waals surface area contributed by atoms with Crippen LogP contribution in [0.2, 0.25) is 0 Å². The van der Waals surface area contributed by atoms with Gasteiger partial charge in [0.2, 0.25) is 0 Å². The average molecular weight is 387 g/mol. The van der Waals surface area contributed by atoms with Gasteiger partial charge in [0.05, 0.1) is 12.1 Å². The van der Waals surface area contributed by atoms with Crippen LogP contribution in [0.5, 0.6) is 0 Å². The first-order valence-corrected chi connectivity index (χ1v) is 8.95. The maximum Gasteiger partial charge on any atom is 0.416 e. The molecule has 0 radical (unpaired) electrons. The van der Waals surface area contributed by atoms with Gasteiger partial charge in [-0.05, 0) is 56.0 Å². The lowest BCUT2D eigenvalue weighted by Crippen LogP contribution is -2.38. The summed E-state index contributed by atoms with van der Waals surface area (Å²) >= 11 is 7.06. The van der Waals surface area contributed by atoms with Crippen LogP contribution >= 0.6 is 23.6 Å². The molecule has 0 aliphatic carbocycles. The average Bonchev–Trinajstić information content (AvgIpc) is 3.03. The lowest BCUT2D eigenvalue weighted by Gasteiger charge is -2.27. The van der Waals surface area contributed by atoms with Gasteiger partial charge in [0.15, 0.2) is 5.11 Å². The van der Waals surface area contributed by atoms with Gasteiger partial charge in [-0.25, -0.2) is 0 Å². The Morgan fingerprint density at radius 1 is 1.16 bits per heavy atom. The molecular formula is C17H20F3N3S2. The number of thiophene rings is 1. The summed E-state index contributed by atoms with van der Waals surface area (Å²) in [5, 5.41) is 5.33. The van der Waals surface area contributed by atoms with E-state index in [1.54, 1.807) is 17.4 Å². The number of nitrogens with zero attached hydrogens (tertiary/aromatic N) is 2. The molecule has 1 N–H and O–H groups in total. The normalized spacial score (nSPS) is 11.6. The number of benzene rings is 1. The molecule has 0 saturated heterocycles. The first kappa shape index (κ1) is 19.7. The van der Waals surface area contributed by atoms with Gasteiger partial charge >= 0.3 is 6.18 Å². The Kier molecular flexibility index (Phi) is 6.80. The van der Waals surface area contributed by atoms with Crippen LogP contribution in [-0.4, -0.2) is 42.1 Å². The van der Waals surface area contributed by atoms with E-state index >= 15 is 0 Å². The minimum Gasteiger partial charge on any atom is -0.343 e. The van der Waals surface area contributed by atoms with E-state index in [1.807, 2.05) is 41.4 Å². The van der Waals surface area contributed by atoms with Gasteiger partial charge < -0.3 is 15.1 Å². The third kappa shape index (κ3) is 6.30. The third-order valence-electron chi connectivity index (χ3n) is 3.47. The molecule has 1 aromatic carbocycles. The Balaban J connectivity index is 2.10. The van der Waals surface area contributed by atoms with Crippen molar-refractivity contribution in [1.82, 2.24) is 9.80 Å². The molecule has 1 aromatic heterocycles. The molecule has 0 atom stereocenters. The molecule has 3 nitrogen and oxygen atoms in total. The molecule has 1 heterocycles. The quantitative estimate of drug-likeness (QED) is 0.734. The summed E-state index contributed by atoms with van der Waals surface area (Å²) in [7, 11) is 3.93. The molecule has 0 aliphatic rings. The van der Waals surface area contributed by atoms with Crippen molar-refractivity contribution >= 4 is 34.4 Å². The van der Waals surface area contributed by atoms with Crippen LogP contribution in [0.3, 0.4) is 0 Å². The molecule has 0 unspecified atom stereocenters. The maximum absolute atomic E-state index is 12.9. The highest BCUT2D eigenvalue weighted by Gasteiger charge is 2.30. The van der Waals surface area contributed by atoms with Crippen LogP contribution in [-0.2, 0) is 12.7 Å². The monoisotopic (exact) mass is 387 g/mol. The van der Waals surface area contributed by atoms with Crippen LogP contribution in [0.15, 0.2) is 41.8 Å². The number of anilines is 1. The van der Waals surface area contributed by atoms with E-state index in [2.05, 4.69) is 5.32 Å². The van der Waals surface area contributed by atoms with E-state index in [0.29, 0.717) is 23.9 Å². The Hall–Kier alpha value is -1.64. The fraction of sp³-hybridized carbons (Fsp3) is 0.353. The maximum atomic E-state index is 12.9. The highest BCUT2D eigenvalue weighted by molar-refractivity contribution is 7.80. The first-order chi connectivity index (χ1) is 11.8. The summed E-state index contributed by atoms with van der Waals surface area (Å²) in [4.78, 5) is 5.14. The number of thiocarbonyl (C=S) groups is 1. The molecule has 136 valence electrons. The SMILES string of the molecule is CN(C)CCN(Cc1cccs1)C(=S)Nc1cccc(C(F)(F)F)c1. The predicted molar refractivity (Wildman–Crippen MR) is 101 cm³/mol. The molecule has 0 saturated carbocycles. The highest BCUT2D eigenvalue weighted by atomic mass is 32.1. The van der Waals surface area contributed by atoms with Gasteiger partial charge in [-0.2, -0.15) is 13.2 Å². The summed E-state index contributed by atoms with van der Waals surface area (Å²) in [6, 6.07) is 9.05. The smallest absolute Gasteiger partial charge is 0.343 e. The van der Waals surface area contributed by atoms with Crippen molar-refractivity contribution in [3.8, 4) is 0 Å². The minimum atomic E-state index is -4.37. The minimum absolute atomic E-state index is 0.334. The number of likely N-dealkylation sites (N-methyl/N-ethyl adjacent to an activating group) is 1. The van der Waals surface area contributed by atoms with Crippen molar-refractivity contribution in [2.24, 2.45) is 0 Å². The summed E-state index contributed by atoms with van der Waals surface area (Å²) in [6.45, 7) is 2.09. The van der Waals surface area contributed by atoms with E-state index in [1.165, 1.54) is 6.07 Å². The van der Waals surface area contributed by atoms with Crippen molar-refractivity contribution < 1.29 is 13.2 Å². The predicted octanol–water partition coefficient (Wildman–Crippen LogP) is 4.53. The van der Waals surface area contributed by atoms with E-state index < -0.39 is 11.7 Å². The largest absolute Gasteiger partial charge is 0.416 e. The second kappa shape index (κ2) is 8.64. The molecule has 25 heavy (non-hydrogen) atoms. The zero-order valence-corrected chi connectivity index (χ0v) is 15.6. The fourth-order valence-electron chi connectivity index (χ4n) is 2.14. The number of hydrogen-bond donors (Lipinski definition) is 1. The first-order valence-electron chi connectivity index (χ1n) is 7.66. The van der Waals surface area contributed by atoms with Gasteiger partial charge in [0, 0.05) is 23.7 Å². The van der Waals surface area contributed by atoms with Crippen LogP contribution in [0.4, 0.5) is 18.9 Å². The molecule has 2 aromatic rings. The van der Waals surface area contributed by atoms with Crippen LogP contribution in [0.25, 0.3) is 0 Å². The molecule has 0 bridgehead atoms. The Morgan fingerprint density at radius 3 is 2.52 bits per heavy atom. The summed E-state index contributed by atoms with van der Waals surface area (Å²) in [6.07, 6.45) is -4.37. The van der Waals surface area contributed by atoms with E-state index in [4.69, 9.17) is 12.2 Å². The van der Waals surface area contributed by atoms with Crippen LogP contribution < -0.4 is 5.32 Å². The summed E-state index contributed by atoms with van der Waals surface area (Å²) in [5.41, 5.74) is -0.362. The Bertz CT molecular complexity index is 685. The van der Waals surface area contributed by atoms with E-state index in [0.717, 1.165) is 23.6 Å². The number of halogens is 3. The molecule has 8 heteroatoms. The standard InChI is InChI=1S/C17H20F3N3S2/c1-22(2)8-9-23(12-15-7-4-10-25-15)16(24)21-14-6-3-5-13(11-14)17(18,19)20/h3-7,10-11H,8-9,12H2,1-2H3,(H,21,24). The van der Waals surface area contributed by atoms with Crippen molar-refractivity contribution in [3.05, 3.63) is 52.2 Å². The zero-order chi connectivity index (χ0) is 18.4. The lowest BCUT2D eigenvalue weighted by atomic mass is 10.2. The molecule has 0 aliphatic heterocycles. The summed E-state index contributed by atoms with van der Waals surface area (Å²) in [5.74, 6) is 0. The number of nitrogens with one attached hydrogen (secondary N) is 1. The van der Waals surface area contributed by atoms with Gasteiger partial charge in [0.25, 0.3) is 0 Å². The van der Waals surface area contributed by atoms with Crippen LogP contribution in [0.1, 0.15) is 10.4 Å². The van der Waals surface area contributed by atoms with Crippen molar-refractivity contribution in [2.75, 3.05) is 32.5 Å². The van der Waals surface area contributed by atoms with E-state index in [9.17, 15) is 13.2 Å². The number of alkyl halides is 3. The molecule has 0 fully saturated rings. The molecular weight excluding hydrogens is 367 g/mol. The van der Waals surface area contributed by atoms with Gasteiger partial charge in [0.1, 0.15) is 0 Å². The Morgan fingerprint density at radius 2 is 1.92 bits per heavy atom. The second-order valence-corrected chi connectivity index (χ2v) is 7.23. The zero-order valence-electron chi connectivity index (χ0n) is 14.0. The number of hydrogen-bond acceptors (Lipinski definition) is 3. The summed E-state index contributed by atoms with van der Waals surface area (Å²) < 4.78 is 38.6.